The van der Waals surface area contributed by atoms with Crippen LogP contribution in [0.25, 0.3) is 0 Å². The largest absolute Gasteiger partial charge is 0.465 e. The highest BCUT2D eigenvalue weighted by Crippen LogP contribution is 2.04. The first-order chi connectivity index (χ1) is 9.13. The Morgan fingerprint density at radius 1 is 1.32 bits per heavy atom. The van der Waals surface area contributed by atoms with E-state index in [2.05, 4.69) is 10.1 Å². The summed E-state index contributed by atoms with van der Waals surface area (Å²) in [5.41, 5.74) is 1.06. The number of carbonyl (C=O) groups excluding carboxylic acids is 2. The van der Waals surface area contributed by atoms with Gasteiger partial charge < -0.3 is 15.2 Å². The van der Waals surface area contributed by atoms with Crippen molar-refractivity contribution in [1.29, 1.82) is 0 Å². The third-order valence-corrected chi connectivity index (χ3v) is 2.56. The van der Waals surface area contributed by atoms with E-state index in [1.807, 2.05) is 30.3 Å². The molecule has 0 spiro atoms. The highest BCUT2D eigenvalue weighted by Gasteiger charge is 2.15. The summed E-state index contributed by atoms with van der Waals surface area (Å²) in [6.07, 6.45) is -0.192. The number of hydrogen-bond acceptors (Lipinski definition) is 4. The summed E-state index contributed by atoms with van der Waals surface area (Å²) in [7, 11) is 0. The highest BCUT2D eigenvalue weighted by atomic mass is 16.5. The number of aryl methyl sites for hydroxylation is 1. The average Bonchev–Trinajstić information content (AvgIpc) is 2.43. The molecule has 0 heterocycles. The molecule has 2 N–H and O–H groups in total. The maximum absolute atomic E-state index is 11.5. The monoisotopic (exact) mass is 265 g/mol. The summed E-state index contributed by atoms with van der Waals surface area (Å²) in [6, 6.07) is 9.59. The molecule has 0 aliphatic rings. The van der Waals surface area contributed by atoms with E-state index in [1.54, 1.807) is 6.92 Å². The fourth-order valence-corrected chi connectivity index (χ4v) is 1.57. The summed E-state index contributed by atoms with van der Waals surface area (Å²) in [5, 5.41) is 12.0. The van der Waals surface area contributed by atoms with E-state index in [4.69, 9.17) is 0 Å². The predicted molar refractivity (Wildman–Crippen MR) is 70.4 cm³/mol. The maximum Gasteiger partial charge on any atom is 0.325 e. The lowest BCUT2D eigenvalue weighted by atomic mass is 10.1. The van der Waals surface area contributed by atoms with Crippen LogP contribution in [0.1, 0.15) is 18.9 Å². The molecule has 0 aliphatic heterocycles. The Balaban J connectivity index is 2.27. The molecule has 5 heteroatoms. The van der Waals surface area contributed by atoms with Crippen LogP contribution in [0.5, 0.6) is 0 Å². The van der Waals surface area contributed by atoms with E-state index < -0.39 is 18.0 Å². The molecule has 0 saturated heterocycles. The third-order valence-electron chi connectivity index (χ3n) is 2.56. The van der Waals surface area contributed by atoms with Crippen LogP contribution in [-0.2, 0) is 20.7 Å². The molecule has 104 valence electrons. The molecule has 0 fully saturated rings. The molecule has 0 saturated carbocycles. The van der Waals surface area contributed by atoms with Crippen LogP contribution < -0.4 is 5.32 Å². The molecule has 0 radical (unpaired) electrons. The Kier molecular flexibility index (Phi) is 6.60. The van der Waals surface area contributed by atoms with Crippen LogP contribution in [0, 0.1) is 0 Å². The van der Waals surface area contributed by atoms with Crippen LogP contribution >= 0.6 is 0 Å². The SMILES string of the molecule is CCOC(=O)CNC(=O)C(O)CCc1ccccc1. The molecule has 1 atom stereocenters. The van der Waals surface area contributed by atoms with E-state index in [1.165, 1.54) is 0 Å². The van der Waals surface area contributed by atoms with Crippen molar-refractivity contribution in [3.63, 3.8) is 0 Å². The molecule has 1 amide bonds. The highest BCUT2D eigenvalue weighted by molar-refractivity contribution is 5.84. The molecule has 1 rings (SSSR count). The normalized spacial score (nSPS) is 11.7. The fourth-order valence-electron chi connectivity index (χ4n) is 1.57. The number of aliphatic hydroxyl groups is 1. The zero-order valence-electron chi connectivity index (χ0n) is 11.0. The molecule has 1 aromatic rings. The van der Waals surface area contributed by atoms with Crippen molar-refractivity contribution in [2.45, 2.75) is 25.9 Å². The molecular formula is C14H19NO4. The van der Waals surface area contributed by atoms with Gasteiger partial charge in [-0.15, -0.1) is 0 Å². The Morgan fingerprint density at radius 2 is 2.00 bits per heavy atom. The van der Waals surface area contributed by atoms with Crippen molar-refractivity contribution < 1.29 is 19.4 Å². The number of hydrogen-bond donors (Lipinski definition) is 2. The zero-order chi connectivity index (χ0) is 14.1. The van der Waals surface area contributed by atoms with Crippen molar-refractivity contribution in [1.82, 2.24) is 5.32 Å². The Labute approximate surface area is 112 Å². The van der Waals surface area contributed by atoms with E-state index >= 15 is 0 Å². The maximum atomic E-state index is 11.5. The first kappa shape index (κ1) is 15.2. The second-order valence-electron chi connectivity index (χ2n) is 4.06. The van der Waals surface area contributed by atoms with Gasteiger partial charge in [-0.25, -0.2) is 0 Å². The minimum Gasteiger partial charge on any atom is -0.465 e. The van der Waals surface area contributed by atoms with Crippen LogP contribution in [0.2, 0.25) is 0 Å². The summed E-state index contributed by atoms with van der Waals surface area (Å²) in [4.78, 5) is 22.5. The second kappa shape index (κ2) is 8.26. The van der Waals surface area contributed by atoms with Gasteiger partial charge in [0.1, 0.15) is 12.6 Å². The predicted octanol–water partition coefficient (Wildman–Crippen LogP) is 0.659. The molecule has 5 nitrogen and oxygen atoms in total. The average molecular weight is 265 g/mol. The van der Waals surface area contributed by atoms with Gasteiger partial charge in [0.2, 0.25) is 5.91 Å². The standard InChI is InChI=1S/C14H19NO4/c1-2-19-13(17)10-15-14(18)12(16)9-8-11-6-4-3-5-7-11/h3-7,12,16H,2,8-10H2,1H3,(H,15,18). The Bertz CT molecular complexity index is 405. The molecule has 1 unspecified atom stereocenters. The third kappa shape index (κ3) is 6.01. The fraction of sp³-hybridized carbons (Fsp3) is 0.429. The molecule has 0 aromatic heterocycles. The zero-order valence-corrected chi connectivity index (χ0v) is 11.0. The minimum absolute atomic E-state index is 0.213. The topological polar surface area (TPSA) is 75.6 Å². The van der Waals surface area contributed by atoms with Crippen molar-refractivity contribution in [2.75, 3.05) is 13.2 Å². The minimum atomic E-state index is -1.12. The van der Waals surface area contributed by atoms with E-state index in [0.717, 1.165) is 5.56 Å². The molecular weight excluding hydrogens is 246 g/mol. The number of nitrogens with one attached hydrogen (secondary N) is 1. The number of aliphatic hydroxyl groups excluding tert-OH is 1. The van der Waals surface area contributed by atoms with Gasteiger partial charge in [0, 0.05) is 0 Å². The van der Waals surface area contributed by atoms with Crippen LogP contribution in [-0.4, -0.2) is 36.2 Å². The number of benzene rings is 1. The van der Waals surface area contributed by atoms with Gasteiger partial charge >= 0.3 is 5.97 Å². The van der Waals surface area contributed by atoms with E-state index in [0.29, 0.717) is 12.8 Å². The van der Waals surface area contributed by atoms with Crippen molar-refractivity contribution in [2.24, 2.45) is 0 Å². The molecule has 1 aromatic carbocycles. The lowest BCUT2D eigenvalue weighted by Gasteiger charge is -2.10. The van der Waals surface area contributed by atoms with Crippen LogP contribution in [0.3, 0.4) is 0 Å². The number of esters is 1. The Morgan fingerprint density at radius 3 is 2.63 bits per heavy atom. The summed E-state index contributed by atoms with van der Waals surface area (Å²) >= 11 is 0. The van der Waals surface area contributed by atoms with Crippen LogP contribution in [0.15, 0.2) is 30.3 Å². The summed E-state index contributed by atoms with van der Waals surface area (Å²) in [6.45, 7) is 1.74. The van der Waals surface area contributed by atoms with Gasteiger partial charge in [0.25, 0.3) is 0 Å². The van der Waals surface area contributed by atoms with Gasteiger partial charge in [-0.2, -0.15) is 0 Å². The smallest absolute Gasteiger partial charge is 0.325 e. The van der Waals surface area contributed by atoms with Crippen molar-refractivity contribution in [3.05, 3.63) is 35.9 Å². The summed E-state index contributed by atoms with van der Waals surface area (Å²) in [5.74, 6) is -1.06. The van der Waals surface area contributed by atoms with Gasteiger partial charge in [-0.05, 0) is 25.3 Å². The number of carbonyl (C=O) groups is 2. The van der Waals surface area contributed by atoms with E-state index in [-0.39, 0.29) is 13.2 Å². The first-order valence-electron chi connectivity index (χ1n) is 6.28. The number of amides is 1. The Hall–Kier alpha value is -1.88. The second-order valence-corrected chi connectivity index (χ2v) is 4.06. The summed E-state index contributed by atoms with van der Waals surface area (Å²) < 4.78 is 4.67. The molecule has 0 aliphatic carbocycles. The van der Waals surface area contributed by atoms with Gasteiger partial charge in [-0.3, -0.25) is 9.59 Å². The number of rotatable bonds is 7. The van der Waals surface area contributed by atoms with Gasteiger partial charge in [0.15, 0.2) is 0 Å². The molecule has 0 bridgehead atoms. The van der Waals surface area contributed by atoms with Crippen molar-refractivity contribution in [3.8, 4) is 0 Å². The lowest BCUT2D eigenvalue weighted by Crippen LogP contribution is -2.38. The first-order valence-corrected chi connectivity index (χ1v) is 6.28. The van der Waals surface area contributed by atoms with Crippen LogP contribution in [0.4, 0.5) is 0 Å². The lowest BCUT2D eigenvalue weighted by molar-refractivity contribution is -0.144. The van der Waals surface area contributed by atoms with Crippen molar-refractivity contribution >= 4 is 11.9 Å². The number of ether oxygens (including phenoxy) is 1. The van der Waals surface area contributed by atoms with Gasteiger partial charge in [-0.1, -0.05) is 30.3 Å². The van der Waals surface area contributed by atoms with E-state index in [9.17, 15) is 14.7 Å². The van der Waals surface area contributed by atoms with Gasteiger partial charge in [0.05, 0.1) is 6.61 Å². The quantitative estimate of drug-likeness (QED) is 0.710. The molecule has 19 heavy (non-hydrogen) atoms.